The van der Waals surface area contributed by atoms with Crippen molar-refractivity contribution in [2.24, 2.45) is 46.4 Å². The van der Waals surface area contributed by atoms with Crippen molar-refractivity contribution in [2.75, 3.05) is 18.1 Å². The summed E-state index contributed by atoms with van der Waals surface area (Å²) in [5.41, 5.74) is 32.2. The zero-order valence-corrected chi connectivity index (χ0v) is 84.2. The number of carbonyl (C=O) groups excluding carboxylic acids is 18. The number of amides is 18. The number of para-hydroxylation sites is 2. The quantitative estimate of drug-likeness (QED) is 0.0136. The number of aromatic nitrogens is 2. The number of fused-ring (bicyclic) bond motifs is 2. The van der Waals surface area contributed by atoms with E-state index in [2.05, 4.69) is 115 Å². The standard InChI is InChI=1S/C99H132N22O25S2/c1-50(2)35-66(110-94(140)73(44-80(104)125)116-96(142)76(48-147)119-90(136)69(39-55-28-30-58(122)31-29-55)113-91(137)70(109-84(130)61(101)42-81(126)127)40-56-46-105-62-25-15-13-23-59(56)62)87(133)111-67(37-53-19-9-7-10-20-53)88(134)107-64(27-17-18-34-100)85(131)115-72(43-79(103)124)93(139)108-65(32-33-78(102)123)86(132)114-71(41-57-47-106-63-26-16-14-24-60(57)63)92(138)112-68(38-54-21-11-8-12-22-54)89(135)120-77(49-148)97(143)117-74(45-82(128)129)95(141)121-83(52(5)6)98(144)118-75(99(145)146)36-51(3)4/h7-16,19-26,28-31,46-47,50-52,61,64-77,83,105-106,122,147-148H,17-18,27,32-45,48-49,100-101H2,1-6H3,(H2,102,123)(H2,103,124)(H2,104,125)(H,107,134)(H,108,139)(H,109,130)(H,110,140)(H,111,133)(H,112,138)(H,113,137)(H,114,132)(H,115,131)(H,116,142)(H,117,143)(H,118,144)(H,119,136)(H,120,135)(H,121,141)(H,126,127)(H,128,129)(H,145,146)/t61-,64-,65-,66-,67-,68-,69-,70-,71-,72-,73-,74-,75-,76-,77-,83-/m0/s1. The zero-order valence-electron chi connectivity index (χ0n) is 82.4. The maximum atomic E-state index is 15.3. The molecular formula is C99H132N22O25S2. The second-order valence-electron chi connectivity index (χ2n) is 36.9. The molecule has 0 saturated heterocycles. The first kappa shape index (κ1) is 119. The molecule has 0 fully saturated rings. The van der Waals surface area contributed by atoms with E-state index in [1.165, 1.54) is 44.3 Å². The van der Waals surface area contributed by atoms with Crippen LogP contribution in [0.5, 0.6) is 5.75 Å². The SMILES string of the molecule is CC(C)C[C@H](NC(=O)[C@@H](NC(=O)[C@H](CC(=O)O)NC(=O)[C@H](CS)NC(=O)[C@H](Cc1ccccc1)NC(=O)[C@H](Cc1c[nH]c2ccccc12)NC(=O)[C@H](CCC(N)=O)NC(=O)[C@H](CC(N)=O)NC(=O)[C@H](CCCCN)NC(=O)[C@H](Cc1ccccc1)NC(=O)[C@H](CC(C)C)NC(=O)[C@H](CC(N)=O)NC(=O)[C@H](CS)NC(=O)[C@H](Cc1ccc(O)cc1)NC(=O)[C@H](Cc1c[nH]c2ccccc12)NC(=O)[C@@H](N)CC(=O)O)C(C)C)C(=O)O. The van der Waals surface area contributed by atoms with Crippen LogP contribution in [0, 0.1) is 17.8 Å². The highest BCUT2D eigenvalue weighted by Crippen LogP contribution is 2.24. The number of H-pyrrole nitrogens is 2. The van der Waals surface area contributed by atoms with Gasteiger partial charge in [-0.2, -0.15) is 25.3 Å². The van der Waals surface area contributed by atoms with Crippen LogP contribution in [0.2, 0.25) is 0 Å². The van der Waals surface area contributed by atoms with E-state index in [-0.39, 0.29) is 76.0 Å². The molecule has 0 spiro atoms. The number of carboxylic acid groups (broad SMARTS) is 3. The highest BCUT2D eigenvalue weighted by atomic mass is 32.1. The molecular weight excluding hydrogens is 1960 g/mol. The summed E-state index contributed by atoms with van der Waals surface area (Å²) in [4.78, 5) is 300. The molecule has 0 bridgehead atoms. The molecule has 31 N–H and O–H groups in total. The number of aliphatic carboxylic acids is 3. The van der Waals surface area contributed by atoms with Crippen LogP contribution < -0.4 is 108 Å². The Bertz CT molecular complexity index is 5830. The Morgan fingerprint density at radius 2 is 0.628 bits per heavy atom. The van der Waals surface area contributed by atoms with Crippen molar-refractivity contribution in [1.29, 1.82) is 0 Å². The van der Waals surface area contributed by atoms with E-state index in [1.807, 2.05) is 0 Å². The molecule has 16 atom stereocenters. The fourth-order valence-electron chi connectivity index (χ4n) is 15.8. The van der Waals surface area contributed by atoms with Gasteiger partial charge in [0.25, 0.3) is 0 Å². The van der Waals surface area contributed by atoms with Gasteiger partial charge < -0.3 is 139 Å². The normalized spacial score (nSPS) is 14.5. The summed E-state index contributed by atoms with van der Waals surface area (Å²) < 4.78 is 0. The fraction of sp³-hybridized carbons (Fsp3) is 0.444. The molecule has 0 aliphatic carbocycles. The molecule has 2 aromatic heterocycles. The maximum absolute atomic E-state index is 15.3. The number of benzene rings is 5. The van der Waals surface area contributed by atoms with E-state index < -0.39 is 289 Å². The van der Waals surface area contributed by atoms with Gasteiger partial charge in [0.1, 0.15) is 96.4 Å². The Balaban J connectivity index is 1.12. The van der Waals surface area contributed by atoms with E-state index >= 15 is 19.2 Å². The van der Waals surface area contributed by atoms with E-state index in [0.717, 1.165) is 0 Å². The predicted octanol–water partition coefficient (Wildman–Crippen LogP) is -2.75. The van der Waals surface area contributed by atoms with Gasteiger partial charge in [-0.3, -0.25) is 95.9 Å². The van der Waals surface area contributed by atoms with Crippen molar-refractivity contribution in [2.45, 2.75) is 241 Å². The number of thiol groups is 2. The van der Waals surface area contributed by atoms with Gasteiger partial charge >= 0.3 is 17.9 Å². The molecule has 18 amide bonds. The number of nitrogens with two attached hydrogens (primary N) is 5. The molecule has 5 aromatic carbocycles. The lowest BCUT2D eigenvalue weighted by Gasteiger charge is -2.29. The van der Waals surface area contributed by atoms with Gasteiger partial charge in [-0.05, 0) is 115 Å². The number of aromatic amines is 2. The van der Waals surface area contributed by atoms with Gasteiger partial charge in [-0.1, -0.05) is 151 Å². The number of phenols is 1. The average Bonchev–Trinajstić information content (AvgIpc) is 1.68. The smallest absolute Gasteiger partial charge is 0.326 e. The summed E-state index contributed by atoms with van der Waals surface area (Å²) in [5, 5.41) is 77.9. The van der Waals surface area contributed by atoms with Crippen molar-refractivity contribution in [1.82, 2.24) is 89.7 Å². The van der Waals surface area contributed by atoms with Gasteiger partial charge in [-0.25, -0.2) is 4.79 Å². The van der Waals surface area contributed by atoms with Crippen LogP contribution in [0.25, 0.3) is 21.8 Å². The van der Waals surface area contributed by atoms with Gasteiger partial charge in [-0.15, -0.1) is 0 Å². The first-order valence-corrected chi connectivity index (χ1v) is 49.1. The number of nitrogens with one attached hydrogen (secondary N) is 17. The average molecular weight is 2090 g/mol. The maximum Gasteiger partial charge on any atom is 0.326 e. The summed E-state index contributed by atoms with van der Waals surface area (Å²) in [5.74, 6) is -27.1. The molecule has 0 aliphatic heterocycles. The van der Waals surface area contributed by atoms with Crippen LogP contribution in [-0.2, 0) is 133 Å². The minimum absolute atomic E-state index is 0.0116. The Kier molecular flexibility index (Phi) is 47.7. The van der Waals surface area contributed by atoms with Crippen LogP contribution in [0.1, 0.15) is 140 Å². The predicted molar refractivity (Wildman–Crippen MR) is 546 cm³/mol. The minimum Gasteiger partial charge on any atom is -0.508 e. The van der Waals surface area contributed by atoms with E-state index in [9.17, 15) is 102 Å². The number of carboxylic acids is 3. The van der Waals surface area contributed by atoms with Crippen LogP contribution in [0.4, 0.5) is 0 Å². The molecule has 47 nitrogen and oxygen atoms in total. The topological polar surface area (TPSA) is 782 Å². The Hall–Kier alpha value is -15.5. The monoisotopic (exact) mass is 2090 g/mol. The third-order valence-electron chi connectivity index (χ3n) is 23.6. The fourth-order valence-corrected chi connectivity index (χ4v) is 16.4. The Morgan fingerprint density at radius 3 is 1.01 bits per heavy atom. The van der Waals surface area contributed by atoms with Crippen molar-refractivity contribution in [3.8, 4) is 5.75 Å². The zero-order chi connectivity index (χ0) is 109. The summed E-state index contributed by atoms with van der Waals surface area (Å²) in [6.45, 7) is 9.85. The highest BCUT2D eigenvalue weighted by Gasteiger charge is 2.42. The van der Waals surface area contributed by atoms with E-state index in [0.29, 0.717) is 49.6 Å². The van der Waals surface area contributed by atoms with E-state index in [4.69, 9.17) is 28.7 Å². The molecule has 0 unspecified atom stereocenters. The van der Waals surface area contributed by atoms with Crippen LogP contribution >= 0.6 is 25.3 Å². The summed E-state index contributed by atoms with van der Waals surface area (Å²) >= 11 is 8.60. The van der Waals surface area contributed by atoms with Gasteiger partial charge in [0.15, 0.2) is 0 Å². The van der Waals surface area contributed by atoms with Crippen molar-refractivity contribution in [3.63, 3.8) is 0 Å². The van der Waals surface area contributed by atoms with Gasteiger partial charge in [0.05, 0.1) is 31.7 Å². The Labute approximate surface area is 862 Å². The third kappa shape index (κ3) is 39.1. The molecule has 2 heterocycles. The lowest BCUT2D eigenvalue weighted by atomic mass is 10.00. The number of carbonyl (C=O) groups is 21. The largest absolute Gasteiger partial charge is 0.508 e. The number of phenolic OH excluding ortho intramolecular Hbond substituents is 1. The first-order chi connectivity index (χ1) is 70.1. The lowest BCUT2D eigenvalue weighted by Crippen LogP contribution is -2.62. The van der Waals surface area contributed by atoms with Crippen molar-refractivity contribution >= 4 is 171 Å². The second kappa shape index (κ2) is 59.2. The lowest BCUT2D eigenvalue weighted by molar-refractivity contribution is -0.144. The number of hydrogen-bond donors (Lipinski definition) is 28. The van der Waals surface area contributed by atoms with Crippen LogP contribution in [0.3, 0.4) is 0 Å². The molecule has 0 aliphatic rings. The van der Waals surface area contributed by atoms with Crippen LogP contribution in [0.15, 0.2) is 146 Å². The molecule has 7 aromatic rings. The number of primary amides is 3. The number of unbranched alkanes of at least 4 members (excludes halogenated alkanes) is 1. The molecule has 0 radical (unpaired) electrons. The minimum atomic E-state index is -2.04. The summed E-state index contributed by atoms with van der Waals surface area (Å²) in [7, 11) is 0. The summed E-state index contributed by atoms with van der Waals surface area (Å²) in [6, 6.07) is 7.98. The molecule has 7 rings (SSSR count). The van der Waals surface area contributed by atoms with Crippen molar-refractivity contribution in [3.05, 3.63) is 174 Å². The molecule has 0 saturated carbocycles. The number of hydrogen-bond acceptors (Lipinski definition) is 26. The van der Waals surface area contributed by atoms with Crippen LogP contribution in [-0.4, -0.2) is 269 Å². The van der Waals surface area contributed by atoms with Gasteiger partial charge in [0.2, 0.25) is 106 Å². The molecule has 800 valence electrons. The third-order valence-corrected chi connectivity index (χ3v) is 24.3. The molecule has 148 heavy (non-hydrogen) atoms. The number of aromatic hydroxyl groups is 1. The first-order valence-electron chi connectivity index (χ1n) is 47.8. The number of rotatable bonds is 63. The molecule has 49 heteroatoms. The highest BCUT2D eigenvalue weighted by molar-refractivity contribution is 7.80. The second-order valence-corrected chi connectivity index (χ2v) is 37.6. The Morgan fingerprint density at radius 1 is 0.318 bits per heavy atom. The summed E-state index contributed by atoms with van der Waals surface area (Å²) in [6.07, 6.45) is -3.83. The van der Waals surface area contributed by atoms with Crippen molar-refractivity contribution < 1.29 is 121 Å². The van der Waals surface area contributed by atoms with E-state index in [1.54, 1.807) is 143 Å². The van der Waals surface area contributed by atoms with Gasteiger partial charge in [0, 0.05) is 84.2 Å².